The average molecular weight is 245 g/mol. The Bertz CT molecular complexity index is 622. The van der Waals surface area contributed by atoms with Gasteiger partial charge in [0.2, 0.25) is 0 Å². The van der Waals surface area contributed by atoms with Gasteiger partial charge >= 0.3 is 6.15 Å². The lowest BCUT2D eigenvalue weighted by molar-refractivity contribution is -0.191. The van der Waals surface area contributed by atoms with E-state index >= 15 is 0 Å². The maximum Gasteiger partial charge on any atom is 0.373 e. The van der Waals surface area contributed by atoms with Crippen molar-refractivity contribution < 1.29 is 14.0 Å². The van der Waals surface area contributed by atoms with Crippen LogP contribution in [0.2, 0.25) is 0 Å². The number of carbonyl (C=O) groups excluding carboxylic acids is 2. The predicted octanol–water partition coefficient (Wildman–Crippen LogP) is 1.61. The van der Waals surface area contributed by atoms with Gasteiger partial charge < -0.3 is 0 Å². The van der Waals surface area contributed by atoms with Crippen molar-refractivity contribution in [3.05, 3.63) is 47.5 Å². The van der Waals surface area contributed by atoms with Crippen molar-refractivity contribution in [1.82, 2.24) is 9.78 Å². The topological polar surface area (TPSA) is 75.8 Å². The van der Waals surface area contributed by atoms with Crippen LogP contribution in [0.1, 0.15) is 11.3 Å². The number of aromatic nitrogens is 2. The summed E-state index contributed by atoms with van der Waals surface area (Å²) in [6.07, 6.45) is 1.85. The number of aryl methyl sites for hydroxylation is 1. The molecule has 0 fully saturated rings. The molecule has 90 valence electrons. The second kappa shape index (κ2) is 6.09. The molecule has 0 N–H and O–H groups in total. The molecule has 6 heteroatoms. The van der Waals surface area contributed by atoms with E-state index in [0.717, 1.165) is 5.69 Å². The first-order chi connectivity index (χ1) is 8.63. The number of nitriles is 1. The van der Waals surface area contributed by atoms with E-state index in [2.05, 4.69) is 5.10 Å². The Morgan fingerprint density at radius 3 is 2.44 bits per heavy atom. The van der Waals surface area contributed by atoms with Crippen LogP contribution in [0.3, 0.4) is 0 Å². The Balaban J connectivity index is 0.000000492. The van der Waals surface area contributed by atoms with Crippen molar-refractivity contribution in [3.63, 3.8) is 0 Å². The van der Waals surface area contributed by atoms with Gasteiger partial charge in [0, 0.05) is 11.9 Å². The second-order valence-electron chi connectivity index (χ2n) is 3.25. The van der Waals surface area contributed by atoms with E-state index < -0.39 is 5.82 Å². The quantitative estimate of drug-likeness (QED) is 0.764. The second-order valence-corrected chi connectivity index (χ2v) is 3.25. The molecule has 0 bridgehead atoms. The lowest BCUT2D eigenvalue weighted by atomic mass is 10.2. The number of nitrogens with zero attached hydrogens (tertiary/aromatic N) is 3. The van der Waals surface area contributed by atoms with Crippen LogP contribution in [0.5, 0.6) is 0 Å². The van der Waals surface area contributed by atoms with Gasteiger partial charge in [-0.05, 0) is 31.2 Å². The minimum Gasteiger partial charge on any atom is -0.235 e. The van der Waals surface area contributed by atoms with Crippen molar-refractivity contribution >= 4 is 6.15 Å². The molecule has 0 aliphatic rings. The highest BCUT2D eigenvalue weighted by Crippen LogP contribution is 2.15. The summed E-state index contributed by atoms with van der Waals surface area (Å²) in [4.78, 5) is 16.2. The molecule has 2 rings (SSSR count). The van der Waals surface area contributed by atoms with Gasteiger partial charge in [-0.3, -0.25) is 0 Å². The van der Waals surface area contributed by atoms with Crippen molar-refractivity contribution in [2.75, 3.05) is 0 Å². The summed E-state index contributed by atoms with van der Waals surface area (Å²) in [5.74, 6) is -0.444. The van der Waals surface area contributed by atoms with E-state index in [1.54, 1.807) is 24.4 Å². The lowest BCUT2D eigenvalue weighted by Gasteiger charge is -2.05. The number of halogens is 1. The van der Waals surface area contributed by atoms with Gasteiger partial charge in [0.15, 0.2) is 0 Å². The third-order valence-electron chi connectivity index (χ3n) is 2.14. The minimum atomic E-state index is -0.444. The standard InChI is InChI=1S/C11H8FN3.CO2/c1-8-4-5-14-15(8)11-3-2-9(7-13)6-10(11)12;2-1-3/h2-6H,1H3;. The fourth-order valence-corrected chi connectivity index (χ4v) is 1.37. The molecule has 0 saturated carbocycles. The van der Waals surface area contributed by atoms with Gasteiger partial charge in [0.05, 0.1) is 11.6 Å². The van der Waals surface area contributed by atoms with Crippen LogP contribution in [0.25, 0.3) is 5.69 Å². The van der Waals surface area contributed by atoms with Crippen LogP contribution in [0, 0.1) is 24.1 Å². The van der Waals surface area contributed by atoms with Gasteiger partial charge in [0.1, 0.15) is 11.5 Å². The molecule has 1 aromatic carbocycles. The Hall–Kier alpha value is -2.77. The first kappa shape index (κ1) is 13.3. The van der Waals surface area contributed by atoms with Gasteiger partial charge in [-0.1, -0.05) is 0 Å². The van der Waals surface area contributed by atoms with E-state index in [9.17, 15) is 4.39 Å². The van der Waals surface area contributed by atoms with Crippen molar-refractivity contribution in [3.8, 4) is 11.8 Å². The molecule has 18 heavy (non-hydrogen) atoms. The Labute approximate surface area is 102 Å². The molecule has 0 spiro atoms. The normalized spacial score (nSPS) is 8.72. The fourth-order valence-electron chi connectivity index (χ4n) is 1.37. The Morgan fingerprint density at radius 1 is 1.33 bits per heavy atom. The van der Waals surface area contributed by atoms with Crippen molar-refractivity contribution in [2.45, 2.75) is 6.92 Å². The molecular weight excluding hydrogens is 237 g/mol. The van der Waals surface area contributed by atoms with Crippen LogP contribution in [-0.4, -0.2) is 15.9 Å². The van der Waals surface area contributed by atoms with Crippen LogP contribution >= 0.6 is 0 Å². The monoisotopic (exact) mass is 245 g/mol. The maximum absolute atomic E-state index is 13.6. The minimum absolute atomic E-state index is 0.250. The average Bonchev–Trinajstić information content (AvgIpc) is 2.76. The highest BCUT2D eigenvalue weighted by Gasteiger charge is 2.07. The SMILES string of the molecule is Cc1ccnn1-c1ccc(C#N)cc1F.O=C=O. The maximum atomic E-state index is 13.6. The Kier molecular flexibility index (Phi) is 4.50. The van der Waals surface area contributed by atoms with Gasteiger partial charge in [0.25, 0.3) is 0 Å². The summed E-state index contributed by atoms with van der Waals surface area (Å²) in [5, 5.41) is 12.6. The summed E-state index contributed by atoms with van der Waals surface area (Å²) in [6, 6.07) is 8.00. The predicted molar refractivity (Wildman–Crippen MR) is 58.0 cm³/mol. The third kappa shape index (κ3) is 2.88. The zero-order valence-corrected chi connectivity index (χ0v) is 9.42. The molecular formula is C12H8FN3O2. The van der Waals surface area contributed by atoms with E-state index in [4.69, 9.17) is 14.9 Å². The fraction of sp³-hybridized carbons (Fsp3) is 0.0833. The number of benzene rings is 1. The molecule has 2 aromatic rings. The molecule has 1 aromatic heterocycles. The highest BCUT2D eigenvalue weighted by molar-refractivity contribution is 5.41. The molecule has 0 amide bonds. The lowest BCUT2D eigenvalue weighted by Crippen LogP contribution is -2.01. The Morgan fingerprint density at radius 2 is 2.00 bits per heavy atom. The molecule has 0 atom stereocenters. The van der Waals surface area contributed by atoms with Gasteiger partial charge in [-0.2, -0.15) is 19.9 Å². The molecule has 0 radical (unpaired) electrons. The number of hydrogen-bond acceptors (Lipinski definition) is 4. The van der Waals surface area contributed by atoms with E-state index in [-0.39, 0.29) is 6.15 Å². The van der Waals surface area contributed by atoms with E-state index in [1.165, 1.54) is 10.7 Å². The largest absolute Gasteiger partial charge is 0.373 e. The summed E-state index contributed by atoms with van der Waals surface area (Å²) < 4.78 is 15.1. The summed E-state index contributed by atoms with van der Waals surface area (Å²) >= 11 is 0. The summed E-state index contributed by atoms with van der Waals surface area (Å²) in [7, 11) is 0. The van der Waals surface area contributed by atoms with Crippen LogP contribution in [-0.2, 0) is 9.59 Å². The third-order valence-corrected chi connectivity index (χ3v) is 2.14. The van der Waals surface area contributed by atoms with Crippen molar-refractivity contribution in [2.24, 2.45) is 0 Å². The molecule has 0 unspecified atom stereocenters. The summed E-state index contributed by atoms with van der Waals surface area (Å²) in [6.45, 7) is 1.84. The molecule has 5 nitrogen and oxygen atoms in total. The van der Waals surface area contributed by atoms with Crippen molar-refractivity contribution in [1.29, 1.82) is 5.26 Å². The first-order valence-electron chi connectivity index (χ1n) is 4.84. The number of rotatable bonds is 1. The molecule has 0 aliphatic heterocycles. The van der Waals surface area contributed by atoms with Crippen LogP contribution < -0.4 is 0 Å². The zero-order valence-electron chi connectivity index (χ0n) is 9.42. The summed E-state index contributed by atoms with van der Waals surface area (Å²) in [5.41, 5.74) is 1.51. The van der Waals surface area contributed by atoms with Crippen LogP contribution in [0.15, 0.2) is 30.5 Å². The van der Waals surface area contributed by atoms with E-state index in [1.807, 2.05) is 13.0 Å². The zero-order chi connectivity index (χ0) is 13.5. The smallest absolute Gasteiger partial charge is 0.235 e. The van der Waals surface area contributed by atoms with Crippen LogP contribution in [0.4, 0.5) is 4.39 Å². The van der Waals surface area contributed by atoms with E-state index in [0.29, 0.717) is 11.3 Å². The van der Waals surface area contributed by atoms with Gasteiger partial charge in [-0.15, -0.1) is 0 Å². The number of hydrogen-bond donors (Lipinski definition) is 0. The molecule has 1 heterocycles. The molecule has 0 aliphatic carbocycles. The molecule has 0 saturated heterocycles. The first-order valence-corrected chi connectivity index (χ1v) is 4.84. The highest BCUT2D eigenvalue weighted by atomic mass is 19.1. The van der Waals surface area contributed by atoms with Gasteiger partial charge in [-0.25, -0.2) is 9.07 Å².